The summed E-state index contributed by atoms with van der Waals surface area (Å²) in [6, 6.07) is 12.9. The molecule has 1 aliphatic rings. The van der Waals surface area contributed by atoms with Crippen LogP contribution in [0.15, 0.2) is 41.2 Å². The predicted octanol–water partition coefficient (Wildman–Crippen LogP) is 3.66. The minimum atomic E-state index is 0.166. The summed E-state index contributed by atoms with van der Waals surface area (Å²) in [5.74, 6) is 0. The van der Waals surface area contributed by atoms with Gasteiger partial charge in [-0.25, -0.2) is 0 Å². The van der Waals surface area contributed by atoms with Crippen molar-refractivity contribution in [1.29, 1.82) is 0 Å². The highest BCUT2D eigenvalue weighted by Crippen LogP contribution is 2.32. The first-order valence-electron chi connectivity index (χ1n) is 8.17. The first kappa shape index (κ1) is 15.0. The lowest BCUT2D eigenvalue weighted by Crippen LogP contribution is -2.29. The highest BCUT2D eigenvalue weighted by atomic mass is 16.1. The molecule has 116 valence electrons. The van der Waals surface area contributed by atoms with E-state index >= 15 is 0 Å². The highest BCUT2D eigenvalue weighted by Gasteiger charge is 2.22. The molecule has 2 aromatic rings. The summed E-state index contributed by atoms with van der Waals surface area (Å²) >= 11 is 0. The van der Waals surface area contributed by atoms with E-state index in [1.807, 2.05) is 17.7 Å². The third kappa shape index (κ3) is 2.86. The second kappa shape index (κ2) is 6.49. The molecule has 3 nitrogen and oxygen atoms in total. The van der Waals surface area contributed by atoms with Crippen LogP contribution in [-0.2, 0) is 6.54 Å². The van der Waals surface area contributed by atoms with E-state index in [9.17, 15) is 4.79 Å². The van der Waals surface area contributed by atoms with E-state index in [-0.39, 0.29) is 5.56 Å². The van der Waals surface area contributed by atoms with Crippen molar-refractivity contribution >= 4 is 0 Å². The molecule has 3 heteroatoms. The van der Waals surface area contributed by atoms with Crippen LogP contribution in [-0.4, -0.2) is 11.6 Å². The monoisotopic (exact) mass is 296 g/mol. The molecule has 1 N–H and O–H groups in total. The van der Waals surface area contributed by atoms with Crippen molar-refractivity contribution < 1.29 is 0 Å². The van der Waals surface area contributed by atoms with Gasteiger partial charge in [0.2, 0.25) is 0 Å². The van der Waals surface area contributed by atoms with E-state index < -0.39 is 0 Å². The standard InChI is InChI=1S/C19H24N2O/c1-14-7-9-15(10-8-14)18-12-11-16(13-20-2)19(22)21(18)17-5-3-4-6-17/h7-12,17,20H,3-6,13H2,1-2H3. The van der Waals surface area contributed by atoms with Crippen molar-refractivity contribution in [2.24, 2.45) is 0 Å². The van der Waals surface area contributed by atoms with E-state index in [1.54, 1.807) is 0 Å². The van der Waals surface area contributed by atoms with Crippen molar-refractivity contribution in [3.63, 3.8) is 0 Å². The van der Waals surface area contributed by atoms with Gasteiger partial charge in [-0.05, 0) is 38.4 Å². The molecule has 0 atom stereocenters. The van der Waals surface area contributed by atoms with E-state index in [0.717, 1.165) is 29.7 Å². The lowest BCUT2D eigenvalue weighted by atomic mass is 10.1. The molecule has 1 heterocycles. The minimum Gasteiger partial charge on any atom is -0.315 e. The van der Waals surface area contributed by atoms with Crippen LogP contribution in [0.4, 0.5) is 0 Å². The Bertz CT molecular complexity index is 694. The maximum atomic E-state index is 12.9. The van der Waals surface area contributed by atoms with Crippen LogP contribution >= 0.6 is 0 Å². The van der Waals surface area contributed by atoms with Gasteiger partial charge in [-0.3, -0.25) is 4.79 Å². The SMILES string of the molecule is CNCc1ccc(-c2ccc(C)cc2)n(C2CCCC2)c1=O. The van der Waals surface area contributed by atoms with Gasteiger partial charge in [-0.1, -0.05) is 48.7 Å². The molecule has 1 aromatic heterocycles. The molecule has 1 aromatic carbocycles. The number of rotatable bonds is 4. The van der Waals surface area contributed by atoms with Gasteiger partial charge in [0.1, 0.15) is 0 Å². The third-order valence-electron chi connectivity index (χ3n) is 4.60. The van der Waals surface area contributed by atoms with Gasteiger partial charge < -0.3 is 9.88 Å². The second-order valence-electron chi connectivity index (χ2n) is 6.25. The number of nitrogens with zero attached hydrogens (tertiary/aromatic N) is 1. The fourth-order valence-electron chi connectivity index (χ4n) is 3.40. The molecule has 0 aliphatic heterocycles. The molecule has 1 aliphatic carbocycles. The summed E-state index contributed by atoms with van der Waals surface area (Å²) in [4.78, 5) is 12.9. The maximum absolute atomic E-state index is 12.9. The molecule has 0 saturated heterocycles. The third-order valence-corrected chi connectivity index (χ3v) is 4.60. The number of nitrogens with one attached hydrogen (secondary N) is 1. The molecule has 0 unspecified atom stereocenters. The Morgan fingerprint density at radius 3 is 2.41 bits per heavy atom. The Balaban J connectivity index is 2.14. The average molecular weight is 296 g/mol. The molecule has 1 saturated carbocycles. The largest absolute Gasteiger partial charge is 0.315 e. The zero-order chi connectivity index (χ0) is 15.5. The second-order valence-corrected chi connectivity index (χ2v) is 6.25. The van der Waals surface area contributed by atoms with Gasteiger partial charge in [0.15, 0.2) is 0 Å². The van der Waals surface area contributed by atoms with Gasteiger partial charge in [0.05, 0.1) is 5.69 Å². The first-order chi connectivity index (χ1) is 10.7. The minimum absolute atomic E-state index is 0.166. The smallest absolute Gasteiger partial charge is 0.255 e. The van der Waals surface area contributed by atoms with E-state index in [4.69, 9.17) is 0 Å². The zero-order valence-corrected chi connectivity index (χ0v) is 13.4. The lowest BCUT2D eigenvalue weighted by Gasteiger charge is -2.20. The number of hydrogen-bond donors (Lipinski definition) is 1. The van der Waals surface area contributed by atoms with Crippen molar-refractivity contribution in [3.05, 3.63) is 57.9 Å². The van der Waals surface area contributed by atoms with Crippen LogP contribution in [0.25, 0.3) is 11.3 Å². The van der Waals surface area contributed by atoms with Gasteiger partial charge in [-0.15, -0.1) is 0 Å². The highest BCUT2D eigenvalue weighted by molar-refractivity contribution is 5.60. The maximum Gasteiger partial charge on any atom is 0.255 e. The van der Waals surface area contributed by atoms with Gasteiger partial charge >= 0.3 is 0 Å². The molecule has 3 rings (SSSR count). The summed E-state index contributed by atoms with van der Waals surface area (Å²) in [7, 11) is 1.88. The fourth-order valence-corrected chi connectivity index (χ4v) is 3.40. The van der Waals surface area contributed by atoms with Crippen LogP contribution < -0.4 is 10.9 Å². The summed E-state index contributed by atoms with van der Waals surface area (Å²) in [6.45, 7) is 2.71. The van der Waals surface area contributed by atoms with E-state index in [0.29, 0.717) is 12.6 Å². The van der Waals surface area contributed by atoms with Crippen LogP contribution in [0.1, 0.15) is 42.9 Å². The molecular weight excluding hydrogens is 272 g/mol. The number of hydrogen-bond acceptors (Lipinski definition) is 2. The van der Waals surface area contributed by atoms with Crippen LogP contribution in [0.2, 0.25) is 0 Å². The van der Waals surface area contributed by atoms with Crippen LogP contribution in [0.5, 0.6) is 0 Å². The lowest BCUT2D eigenvalue weighted by molar-refractivity contribution is 0.503. The predicted molar refractivity (Wildman–Crippen MR) is 91.1 cm³/mol. The van der Waals surface area contributed by atoms with E-state index in [2.05, 4.69) is 42.6 Å². The topological polar surface area (TPSA) is 34.0 Å². The summed E-state index contributed by atoms with van der Waals surface area (Å²) in [5.41, 5.74) is 4.44. The first-order valence-corrected chi connectivity index (χ1v) is 8.17. The van der Waals surface area contributed by atoms with Gasteiger partial charge in [0.25, 0.3) is 5.56 Å². The molecule has 0 radical (unpaired) electrons. The van der Waals surface area contributed by atoms with E-state index in [1.165, 1.54) is 18.4 Å². The number of benzene rings is 1. The number of aryl methyl sites for hydroxylation is 1. The summed E-state index contributed by atoms with van der Waals surface area (Å²) in [6.07, 6.45) is 4.67. The normalized spacial score (nSPS) is 15.4. The Kier molecular flexibility index (Phi) is 4.44. The summed E-state index contributed by atoms with van der Waals surface area (Å²) in [5, 5.41) is 3.10. The molecular formula is C19H24N2O. The Hall–Kier alpha value is -1.87. The van der Waals surface area contributed by atoms with Crippen LogP contribution in [0, 0.1) is 6.92 Å². The fraction of sp³-hybridized carbons (Fsp3) is 0.421. The quantitative estimate of drug-likeness (QED) is 0.934. The number of aromatic nitrogens is 1. The van der Waals surface area contributed by atoms with Crippen LogP contribution in [0.3, 0.4) is 0 Å². The molecule has 1 fully saturated rings. The molecule has 0 amide bonds. The molecule has 0 bridgehead atoms. The van der Waals surface area contributed by atoms with Gasteiger partial charge in [-0.2, -0.15) is 0 Å². The van der Waals surface area contributed by atoms with Gasteiger partial charge in [0, 0.05) is 18.2 Å². The average Bonchev–Trinajstić information content (AvgIpc) is 3.04. The van der Waals surface area contributed by atoms with Crippen molar-refractivity contribution in [2.75, 3.05) is 7.05 Å². The Morgan fingerprint density at radius 1 is 1.09 bits per heavy atom. The number of pyridine rings is 1. The van der Waals surface area contributed by atoms with Crippen molar-refractivity contribution in [1.82, 2.24) is 9.88 Å². The Labute approximate surface area is 132 Å². The molecule has 22 heavy (non-hydrogen) atoms. The van der Waals surface area contributed by atoms with Crippen molar-refractivity contribution in [3.8, 4) is 11.3 Å². The summed E-state index contributed by atoms with van der Waals surface area (Å²) < 4.78 is 2.05. The van der Waals surface area contributed by atoms with Crippen molar-refractivity contribution in [2.45, 2.75) is 45.2 Å². The Morgan fingerprint density at radius 2 is 1.77 bits per heavy atom. The molecule has 0 spiro atoms. The zero-order valence-electron chi connectivity index (χ0n) is 13.4.